The van der Waals surface area contributed by atoms with E-state index >= 15 is 0 Å². The van der Waals surface area contributed by atoms with Crippen molar-refractivity contribution < 1.29 is 19.0 Å². The van der Waals surface area contributed by atoms with Crippen LogP contribution in [0.15, 0.2) is 18.2 Å². The van der Waals surface area contributed by atoms with Crippen molar-refractivity contribution in [2.24, 2.45) is 0 Å². The number of methoxy groups -OCH3 is 1. The van der Waals surface area contributed by atoms with Crippen LogP contribution in [0.2, 0.25) is 0 Å². The number of hydrogen-bond donors (Lipinski definition) is 1. The van der Waals surface area contributed by atoms with E-state index in [1.54, 1.807) is 0 Å². The molecule has 1 fully saturated rings. The molecule has 0 aliphatic carbocycles. The molecule has 0 radical (unpaired) electrons. The summed E-state index contributed by atoms with van der Waals surface area (Å²) in [5.74, 6) is 2.28. The Morgan fingerprint density at radius 3 is 2.89 bits per heavy atom. The van der Waals surface area contributed by atoms with Gasteiger partial charge in [0.15, 0.2) is 17.3 Å². The number of benzene rings is 1. The lowest BCUT2D eigenvalue weighted by atomic mass is 10.1. The Labute approximate surface area is 162 Å². The number of carbonyl (C=O) groups excluding carboxylic acids is 1. The number of hydrogen-bond acceptors (Lipinski definition) is 8. The maximum absolute atomic E-state index is 11.6. The molecule has 28 heavy (non-hydrogen) atoms. The number of carbonyl (C=O) groups is 1. The summed E-state index contributed by atoms with van der Waals surface area (Å²) in [4.78, 5) is 13.9. The Balaban J connectivity index is 1.31. The number of nitrogens with zero attached hydrogens (tertiary/aromatic N) is 5. The van der Waals surface area contributed by atoms with Crippen LogP contribution in [-0.4, -0.2) is 70.7 Å². The molecule has 1 amide bonds. The molecule has 10 nitrogen and oxygen atoms in total. The molecule has 150 valence electrons. The summed E-state index contributed by atoms with van der Waals surface area (Å²) in [7, 11) is 1.52. The van der Waals surface area contributed by atoms with Crippen molar-refractivity contribution >= 4 is 5.91 Å². The average molecular weight is 388 g/mol. The van der Waals surface area contributed by atoms with Crippen molar-refractivity contribution in [2.75, 3.05) is 33.6 Å². The first-order chi connectivity index (χ1) is 13.7. The third-order valence-electron chi connectivity index (χ3n) is 4.97. The third kappa shape index (κ3) is 4.39. The molecule has 1 aromatic carbocycles. The molecule has 0 spiro atoms. The van der Waals surface area contributed by atoms with Crippen LogP contribution in [0.1, 0.15) is 24.2 Å². The second-order valence-corrected chi connectivity index (χ2v) is 6.99. The van der Waals surface area contributed by atoms with Crippen LogP contribution in [0.25, 0.3) is 0 Å². The number of tetrazole rings is 1. The van der Waals surface area contributed by atoms with E-state index in [0.29, 0.717) is 13.1 Å². The topological polar surface area (TPSA) is 104 Å². The van der Waals surface area contributed by atoms with Gasteiger partial charge in [-0.1, -0.05) is 6.07 Å². The molecule has 2 aromatic rings. The van der Waals surface area contributed by atoms with Crippen molar-refractivity contribution in [3.63, 3.8) is 0 Å². The quantitative estimate of drug-likeness (QED) is 0.716. The van der Waals surface area contributed by atoms with Crippen molar-refractivity contribution in [1.82, 2.24) is 30.4 Å². The number of amides is 1. The van der Waals surface area contributed by atoms with E-state index in [9.17, 15) is 4.79 Å². The van der Waals surface area contributed by atoms with Gasteiger partial charge in [0.05, 0.1) is 13.1 Å². The Bertz CT molecular complexity index is 818. The molecule has 1 saturated heterocycles. The summed E-state index contributed by atoms with van der Waals surface area (Å²) >= 11 is 0. The molecule has 4 rings (SSSR count). The van der Waals surface area contributed by atoms with Crippen LogP contribution in [0.5, 0.6) is 11.5 Å². The fourth-order valence-electron chi connectivity index (χ4n) is 3.51. The number of likely N-dealkylation sites (tertiary alicyclic amines) is 1. The maximum Gasteiger partial charge on any atom is 0.246 e. The fraction of sp³-hybridized carbons (Fsp3) is 0.556. The van der Waals surface area contributed by atoms with Crippen LogP contribution < -0.4 is 14.8 Å². The smallest absolute Gasteiger partial charge is 0.246 e. The van der Waals surface area contributed by atoms with Crippen LogP contribution in [-0.2, 0) is 22.6 Å². The fourth-order valence-corrected chi connectivity index (χ4v) is 3.51. The Hall–Kier alpha value is -2.72. The van der Waals surface area contributed by atoms with Crippen molar-refractivity contribution in [1.29, 1.82) is 0 Å². The predicted octanol–water partition coefficient (Wildman–Crippen LogP) is 0.177. The first-order valence-corrected chi connectivity index (χ1v) is 9.35. The minimum absolute atomic E-state index is 0.0615. The molecular weight excluding hydrogens is 364 g/mol. The molecule has 1 N–H and O–H groups in total. The van der Waals surface area contributed by atoms with Gasteiger partial charge in [-0.15, -0.1) is 5.10 Å². The van der Waals surface area contributed by atoms with Gasteiger partial charge in [-0.2, -0.15) is 0 Å². The van der Waals surface area contributed by atoms with Crippen LogP contribution in [0, 0.1) is 0 Å². The SMILES string of the molecule is COCC(=O)NC1CCN(Cc2nnnn2Cc2ccc3c(c2)OCO3)CC1. The van der Waals surface area contributed by atoms with E-state index in [4.69, 9.17) is 14.2 Å². The van der Waals surface area contributed by atoms with Gasteiger partial charge < -0.3 is 19.5 Å². The second-order valence-electron chi connectivity index (χ2n) is 6.99. The summed E-state index contributed by atoms with van der Waals surface area (Å²) < 4.78 is 17.5. The van der Waals surface area contributed by atoms with Gasteiger partial charge in [0.25, 0.3) is 0 Å². The minimum atomic E-state index is -0.0615. The van der Waals surface area contributed by atoms with Gasteiger partial charge in [-0.3, -0.25) is 9.69 Å². The summed E-state index contributed by atoms with van der Waals surface area (Å²) in [6, 6.07) is 6.06. The van der Waals surface area contributed by atoms with Crippen molar-refractivity contribution in [2.45, 2.75) is 32.0 Å². The Kier molecular flexibility index (Phi) is 5.68. The molecular formula is C18H24N6O4. The molecule has 2 aliphatic rings. The largest absolute Gasteiger partial charge is 0.454 e. The van der Waals surface area contributed by atoms with Gasteiger partial charge in [0.2, 0.25) is 12.7 Å². The molecule has 0 unspecified atom stereocenters. The minimum Gasteiger partial charge on any atom is -0.454 e. The van der Waals surface area contributed by atoms with Crippen LogP contribution in [0.4, 0.5) is 0 Å². The second kappa shape index (κ2) is 8.53. The molecule has 10 heteroatoms. The number of fused-ring (bicyclic) bond motifs is 1. The predicted molar refractivity (Wildman–Crippen MR) is 97.8 cm³/mol. The highest BCUT2D eigenvalue weighted by Gasteiger charge is 2.22. The monoisotopic (exact) mass is 388 g/mol. The highest BCUT2D eigenvalue weighted by molar-refractivity contribution is 5.77. The Morgan fingerprint density at radius 1 is 1.25 bits per heavy atom. The zero-order chi connectivity index (χ0) is 19.3. The molecule has 0 saturated carbocycles. The number of nitrogens with one attached hydrogen (secondary N) is 1. The van der Waals surface area contributed by atoms with Gasteiger partial charge in [0, 0.05) is 26.2 Å². The highest BCUT2D eigenvalue weighted by atomic mass is 16.7. The van der Waals surface area contributed by atoms with Crippen molar-refractivity contribution in [3.05, 3.63) is 29.6 Å². The number of piperidine rings is 1. The van der Waals surface area contributed by atoms with Crippen LogP contribution >= 0.6 is 0 Å². The number of aromatic nitrogens is 4. The van der Waals surface area contributed by atoms with E-state index < -0.39 is 0 Å². The molecule has 3 heterocycles. The first kappa shape index (κ1) is 18.6. The zero-order valence-electron chi connectivity index (χ0n) is 15.8. The Morgan fingerprint density at radius 2 is 2.07 bits per heavy atom. The van der Waals surface area contributed by atoms with E-state index in [0.717, 1.165) is 48.8 Å². The molecule has 0 bridgehead atoms. The van der Waals surface area contributed by atoms with E-state index in [-0.39, 0.29) is 25.3 Å². The van der Waals surface area contributed by atoms with Gasteiger partial charge in [-0.05, 0) is 41.0 Å². The normalized spacial score (nSPS) is 17.0. The van der Waals surface area contributed by atoms with Gasteiger partial charge in [0.1, 0.15) is 6.61 Å². The summed E-state index contributed by atoms with van der Waals surface area (Å²) in [5.41, 5.74) is 1.05. The lowest BCUT2D eigenvalue weighted by molar-refractivity contribution is -0.125. The highest BCUT2D eigenvalue weighted by Crippen LogP contribution is 2.32. The number of rotatable bonds is 7. The third-order valence-corrected chi connectivity index (χ3v) is 4.97. The lowest BCUT2D eigenvalue weighted by Crippen LogP contribution is -2.45. The van der Waals surface area contributed by atoms with E-state index in [1.165, 1.54) is 7.11 Å². The lowest BCUT2D eigenvalue weighted by Gasteiger charge is -2.31. The van der Waals surface area contributed by atoms with E-state index in [2.05, 4.69) is 25.7 Å². The molecule has 2 aliphatic heterocycles. The summed E-state index contributed by atoms with van der Waals surface area (Å²) in [6.45, 7) is 3.38. The first-order valence-electron chi connectivity index (χ1n) is 9.35. The summed E-state index contributed by atoms with van der Waals surface area (Å²) in [5, 5.41) is 15.2. The maximum atomic E-state index is 11.6. The zero-order valence-corrected chi connectivity index (χ0v) is 15.8. The van der Waals surface area contributed by atoms with Gasteiger partial charge >= 0.3 is 0 Å². The molecule has 0 atom stereocenters. The average Bonchev–Trinajstić information content (AvgIpc) is 3.33. The van der Waals surface area contributed by atoms with E-state index in [1.807, 2.05) is 22.9 Å². The van der Waals surface area contributed by atoms with Gasteiger partial charge in [-0.25, -0.2) is 4.68 Å². The summed E-state index contributed by atoms with van der Waals surface area (Å²) in [6.07, 6.45) is 1.80. The molecule has 1 aromatic heterocycles. The van der Waals surface area contributed by atoms with Crippen LogP contribution in [0.3, 0.4) is 0 Å². The number of ether oxygens (including phenoxy) is 3. The standard InChI is InChI=1S/C18H24N6O4/c1-26-11-18(25)19-14-4-6-23(7-5-14)10-17-20-21-22-24(17)9-13-2-3-15-16(8-13)28-12-27-15/h2-3,8,14H,4-7,9-12H2,1H3,(H,19,25). The van der Waals surface area contributed by atoms with Crippen molar-refractivity contribution in [3.8, 4) is 11.5 Å².